The highest BCUT2D eigenvalue weighted by atomic mass is 19.4. The number of halogens is 3. The number of ketones is 1. The standard InChI is InChI=1S/C31H46F3NO3/c1-17(2)24-20(36)15-30(26(38)35-16-31(32,33)34)14-9-19-18(25(24)30)7-8-22-28(19,5)12-10-21-27(3,4)23(37)11-13-29(21,22)6/h17-19,21-23,37H,7-16H2,1-6H3,(H,35,38)/t18?,19?,21?,22?,23?,28?,29?,30-/m1/s1. The average Bonchev–Trinajstić information content (AvgIpc) is 3.13. The summed E-state index contributed by atoms with van der Waals surface area (Å²) in [5.41, 5.74) is 0.506. The predicted octanol–water partition coefficient (Wildman–Crippen LogP) is 6.62. The van der Waals surface area contributed by atoms with E-state index in [2.05, 4.69) is 33.0 Å². The zero-order chi connectivity index (χ0) is 28.1. The minimum atomic E-state index is -4.49. The van der Waals surface area contributed by atoms with Gasteiger partial charge in [-0.2, -0.15) is 13.2 Å². The van der Waals surface area contributed by atoms with Crippen molar-refractivity contribution in [3.63, 3.8) is 0 Å². The molecule has 0 spiro atoms. The van der Waals surface area contributed by atoms with Crippen LogP contribution >= 0.6 is 0 Å². The van der Waals surface area contributed by atoms with Crippen LogP contribution in [0, 0.1) is 51.2 Å². The van der Waals surface area contributed by atoms with Crippen LogP contribution in [-0.4, -0.2) is 35.6 Å². The van der Waals surface area contributed by atoms with Gasteiger partial charge in [0.15, 0.2) is 5.78 Å². The van der Waals surface area contributed by atoms with Gasteiger partial charge in [0.2, 0.25) is 5.91 Å². The molecular formula is C31H46F3NO3. The summed E-state index contributed by atoms with van der Waals surface area (Å²) in [7, 11) is 0. The second-order valence-electron chi connectivity index (χ2n) is 14.8. The van der Waals surface area contributed by atoms with Crippen molar-refractivity contribution in [2.75, 3.05) is 6.54 Å². The lowest BCUT2D eigenvalue weighted by molar-refractivity contribution is -0.203. The van der Waals surface area contributed by atoms with E-state index in [9.17, 15) is 27.9 Å². The molecule has 8 atom stereocenters. The van der Waals surface area contributed by atoms with E-state index in [1.807, 2.05) is 13.8 Å². The number of hydrogen-bond acceptors (Lipinski definition) is 3. The molecule has 2 N–H and O–H groups in total. The summed E-state index contributed by atoms with van der Waals surface area (Å²) in [6.45, 7) is 11.9. The van der Waals surface area contributed by atoms with Crippen LogP contribution in [0.3, 0.4) is 0 Å². The van der Waals surface area contributed by atoms with Crippen molar-refractivity contribution in [3.05, 3.63) is 11.1 Å². The summed E-state index contributed by atoms with van der Waals surface area (Å²) in [4.78, 5) is 26.9. The number of aliphatic hydroxyl groups excluding tert-OH is 1. The number of amides is 1. The number of allylic oxidation sites excluding steroid dienone is 1. The minimum absolute atomic E-state index is 0.00870. The summed E-state index contributed by atoms with van der Waals surface area (Å²) >= 11 is 0. The van der Waals surface area contributed by atoms with Gasteiger partial charge in [0.05, 0.1) is 11.5 Å². The van der Waals surface area contributed by atoms with E-state index in [0.29, 0.717) is 29.7 Å². The van der Waals surface area contributed by atoms with E-state index in [-0.39, 0.29) is 46.4 Å². The van der Waals surface area contributed by atoms with Gasteiger partial charge in [-0.1, -0.05) is 41.5 Å². The van der Waals surface area contributed by atoms with E-state index in [4.69, 9.17) is 0 Å². The Morgan fingerprint density at radius 2 is 1.63 bits per heavy atom. The number of carbonyl (C=O) groups excluding carboxylic acids is 2. The Kier molecular flexibility index (Phi) is 6.53. The average molecular weight is 538 g/mol. The summed E-state index contributed by atoms with van der Waals surface area (Å²) in [5, 5.41) is 13.1. The molecule has 0 aromatic carbocycles. The van der Waals surface area contributed by atoms with Crippen molar-refractivity contribution in [2.24, 2.45) is 51.2 Å². The number of rotatable bonds is 3. The van der Waals surface area contributed by atoms with Gasteiger partial charge < -0.3 is 10.4 Å². The van der Waals surface area contributed by atoms with E-state index in [1.54, 1.807) is 0 Å². The molecule has 4 fully saturated rings. The highest BCUT2D eigenvalue weighted by Crippen LogP contribution is 2.72. The van der Waals surface area contributed by atoms with Crippen LogP contribution in [0.15, 0.2) is 11.1 Å². The number of aliphatic hydroxyl groups is 1. The van der Waals surface area contributed by atoms with Gasteiger partial charge in [-0.3, -0.25) is 9.59 Å². The maximum Gasteiger partial charge on any atom is 0.405 e. The van der Waals surface area contributed by atoms with Gasteiger partial charge in [-0.15, -0.1) is 0 Å². The quantitative estimate of drug-likeness (QED) is 0.425. The molecule has 7 unspecified atom stereocenters. The molecule has 0 saturated heterocycles. The molecule has 4 saturated carbocycles. The lowest BCUT2D eigenvalue weighted by atomic mass is 9.36. The van der Waals surface area contributed by atoms with E-state index in [0.717, 1.165) is 50.5 Å². The fourth-order valence-corrected chi connectivity index (χ4v) is 10.9. The summed E-state index contributed by atoms with van der Waals surface area (Å²) in [6, 6.07) is 0. The van der Waals surface area contributed by atoms with Crippen molar-refractivity contribution < 1.29 is 27.9 Å². The first kappa shape index (κ1) is 28.2. The van der Waals surface area contributed by atoms with E-state index < -0.39 is 24.0 Å². The molecule has 5 rings (SSSR count). The Morgan fingerprint density at radius 1 is 0.974 bits per heavy atom. The van der Waals surface area contributed by atoms with E-state index >= 15 is 0 Å². The predicted molar refractivity (Wildman–Crippen MR) is 140 cm³/mol. The van der Waals surface area contributed by atoms with E-state index in [1.165, 1.54) is 0 Å². The van der Waals surface area contributed by atoms with Crippen LogP contribution in [0.2, 0.25) is 0 Å². The molecule has 5 aliphatic rings. The van der Waals surface area contributed by atoms with Gasteiger partial charge in [-0.25, -0.2) is 0 Å². The van der Waals surface area contributed by atoms with Gasteiger partial charge in [0, 0.05) is 6.42 Å². The number of alkyl halides is 3. The number of fused-ring (bicyclic) bond motifs is 7. The molecule has 1 amide bonds. The van der Waals surface area contributed by atoms with Gasteiger partial charge in [-0.05, 0) is 108 Å². The van der Waals surface area contributed by atoms with Crippen LogP contribution in [-0.2, 0) is 9.59 Å². The molecule has 0 heterocycles. The minimum Gasteiger partial charge on any atom is -0.393 e. The van der Waals surface area contributed by atoms with Gasteiger partial charge in [0.1, 0.15) is 6.54 Å². The Bertz CT molecular complexity index is 1050. The smallest absolute Gasteiger partial charge is 0.393 e. The first-order chi connectivity index (χ1) is 17.5. The Balaban J connectivity index is 1.53. The van der Waals surface area contributed by atoms with Crippen LogP contribution in [0.4, 0.5) is 13.2 Å². The fourth-order valence-electron chi connectivity index (χ4n) is 10.9. The van der Waals surface area contributed by atoms with Gasteiger partial charge in [0.25, 0.3) is 0 Å². The third-order valence-corrected chi connectivity index (χ3v) is 12.5. The number of Topliss-reactive ketones (excluding diaryl/α,β-unsaturated/α-hetero) is 1. The third-order valence-electron chi connectivity index (χ3n) is 12.5. The zero-order valence-electron chi connectivity index (χ0n) is 23.9. The van der Waals surface area contributed by atoms with Crippen molar-refractivity contribution in [3.8, 4) is 0 Å². The molecule has 0 radical (unpaired) electrons. The highest BCUT2D eigenvalue weighted by Gasteiger charge is 2.67. The molecule has 5 aliphatic carbocycles. The molecular weight excluding hydrogens is 491 g/mol. The van der Waals surface area contributed by atoms with Crippen molar-refractivity contribution in [2.45, 2.75) is 112 Å². The maximum absolute atomic E-state index is 13.5. The largest absolute Gasteiger partial charge is 0.405 e. The second-order valence-corrected chi connectivity index (χ2v) is 14.8. The SMILES string of the molecule is CC(C)C1=C2C3CCC4C(C)(CCC5C(C)(C)C(O)CCC54C)C3CC[C@@]2(C(=O)NCC(F)(F)F)CC1=O. The van der Waals surface area contributed by atoms with Gasteiger partial charge >= 0.3 is 6.18 Å². The molecule has 4 nitrogen and oxygen atoms in total. The monoisotopic (exact) mass is 537 g/mol. The fraction of sp³-hybridized carbons (Fsp3) is 0.871. The second kappa shape index (κ2) is 8.81. The van der Waals surface area contributed by atoms with Crippen molar-refractivity contribution in [1.29, 1.82) is 0 Å². The maximum atomic E-state index is 13.5. The zero-order valence-corrected chi connectivity index (χ0v) is 23.9. The van der Waals surface area contributed by atoms with Crippen molar-refractivity contribution in [1.82, 2.24) is 5.32 Å². The van der Waals surface area contributed by atoms with Crippen molar-refractivity contribution >= 4 is 11.7 Å². The number of hydrogen-bond donors (Lipinski definition) is 2. The Morgan fingerprint density at radius 3 is 2.26 bits per heavy atom. The molecule has 0 aromatic rings. The Labute approximate surface area is 225 Å². The summed E-state index contributed by atoms with van der Waals surface area (Å²) in [5.74, 6) is 0.589. The lowest BCUT2D eigenvalue weighted by Gasteiger charge is -2.68. The molecule has 0 bridgehead atoms. The molecule has 7 heteroatoms. The molecule has 214 valence electrons. The molecule has 38 heavy (non-hydrogen) atoms. The van der Waals surface area contributed by atoms with Crippen LogP contribution < -0.4 is 5.32 Å². The number of nitrogens with one attached hydrogen (secondary N) is 1. The first-order valence-corrected chi connectivity index (χ1v) is 14.8. The molecule has 0 aromatic heterocycles. The Hall–Kier alpha value is -1.37. The highest BCUT2D eigenvalue weighted by molar-refractivity contribution is 6.06. The van der Waals surface area contributed by atoms with Crippen LogP contribution in [0.1, 0.15) is 99.3 Å². The number of carbonyl (C=O) groups is 2. The first-order valence-electron chi connectivity index (χ1n) is 14.8. The normalized spacial score (nSPS) is 44.3. The summed E-state index contributed by atoms with van der Waals surface area (Å²) < 4.78 is 39.2. The molecule has 0 aliphatic heterocycles. The lowest BCUT2D eigenvalue weighted by Crippen LogP contribution is -2.63. The topological polar surface area (TPSA) is 66.4 Å². The summed E-state index contributed by atoms with van der Waals surface area (Å²) in [6.07, 6.45) is 2.28. The van der Waals surface area contributed by atoms with Crippen LogP contribution in [0.25, 0.3) is 0 Å². The third kappa shape index (κ3) is 3.87. The van der Waals surface area contributed by atoms with Crippen LogP contribution in [0.5, 0.6) is 0 Å².